The molecule has 1 aromatic rings. The normalized spacial score (nSPS) is 22.8. The number of ether oxygens (including phenoxy) is 1. The van der Waals surface area contributed by atoms with Crippen LogP contribution in [0.2, 0.25) is 0 Å². The SMILES string of the molecule is CC(C)N1CC(Oc2ncc(C(F)(F)F)cn2)C(F)(F)C1. The van der Waals surface area contributed by atoms with Crippen LogP contribution in [0, 0.1) is 0 Å². The van der Waals surface area contributed by atoms with Gasteiger partial charge in [-0.15, -0.1) is 0 Å². The van der Waals surface area contributed by atoms with Crippen LogP contribution in [0.5, 0.6) is 6.01 Å². The van der Waals surface area contributed by atoms with Crippen molar-refractivity contribution in [1.82, 2.24) is 14.9 Å². The third-order valence-corrected chi connectivity index (χ3v) is 3.22. The third kappa shape index (κ3) is 3.58. The molecule has 0 spiro atoms. The lowest BCUT2D eigenvalue weighted by Crippen LogP contribution is -2.37. The molecule has 1 aromatic heterocycles. The van der Waals surface area contributed by atoms with Crippen molar-refractivity contribution in [3.05, 3.63) is 18.0 Å². The summed E-state index contributed by atoms with van der Waals surface area (Å²) in [5.41, 5.74) is -1.06. The molecule has 4 nitrogen and oxygen atoms in total. The van der Waals surface area contributed by atoms with E-state index in [1.807, 2.05) is 0 Å². The first kappa shape index (κ1) is 15.9. The first-order chi connectivity index (χ1) is 9.59. The molecule has 1 aliphatic rings. The van der Waals surface area contributed by atoms with Crippen LogP contribution < -0.4 is 4.74 Å². The summed E-state index contributed by atoms with van der Waals surface area (Å²) in [4.78, 5) is 8.20. The van der Waals surface area contributed by atoms with Gasteiger partial charge in [0.1, 0.15) is 0 Å². The fraction of sp³-hybridized carbons (Fsp3) is 0.667. The molecule has 0 aliphatic carbocycles. The molecule has 1 saturated heterocycles. The zero-order valence-corrected chi connectivity index (χ0v) is 11.4. The van der Waals surface area contributed by atoms with Crippen LogP contribution in [0.15, 0.2) is 12.4 Å². The molecule has 118 valence electrons. The Morgan fingerprint density at radius 1 is 1.29 bits per heavy atom. The predicted octanol–water partition coefficient (Wildman–Crippen LogP) is 2.60. The largest absolute Gasteiger partial charge is 0.452 e. The van der Waals surface area contributed by atoms with Crippen LogP contribution in [0.1, 0.15) is 19.4 Å². The maximum Gasteiger partial charge on any atom is 0.419 e. The fourth-order valence-electron chi connectivity index (χ4n) is 1.95. The second-order valence-electron chi connectivity index (χ2n) is 5.14. The van der Waals surface area contributed by atoms with Gasteiger partial charge >= 0.3 is 12.2 Å². The lowest BCUT2D eigenvalue weighted by atomic mass is 10.2. The minimum atomic E-state index is -4.58. The number of hydrogen-bond acceptors (Lipinski definition) is 4. The van der Waals surface area contributed by atoms with E-state index in [-0.39, 0.29) is 12.6 Å². The van der Waals surface area contributed by atoms with Crippen molar-refractivity contribution < 1.29 is 26.7 Å². The van der Waals surface area contributed by atoms with Gasteiger partial charge in [-0.25, -0.2) is 18.7 Å². The predicted molar refractivity (Wildman–Crippen MR) is 63.1 cm³/mol. The highest BCUT2D eigenvalue weighted by molar-refractivity contribution is 5.11. The summed E-state index contributed by atoms with van der Waals surface area (Å²) in [6.45, 7) is 3.05. The molecule has 0 radical (unpaired) electrons. The molecule has 1 atom stereocenters. The van der Waals surface area contributed by atoms with Gasteiger partial charge in [0.15, 0.2) is 6.10 Å². The first-order valence-electron chi connectivity index (χ1n) is 6.27. The number of halogens is 5. The summed E-state index contributed by atoms with van der Waals surface area (Å²) < 4.78 is 69.5. The van der Waals surface area contributed by atoms with E-state index < -0.39 is 36.3 Å². The Morgan fingerprint density at radius 2 is 1.86 bits per heavy atom. The van der Waals surface area contributed by atoms with Crippen molar-refractivity contribution in [2.45, 2.75) is 38.1 Å². The van der Waals surface area contributed by atoms with Crippen molar-refractivity contribution >= 4 is 0 Å². The lowest BCUT2D eigenvalue weighted by Gasteiger charge is -2.18. The molecule has 2 rings (SSSR count). The van der Waals surface area contributed by atoms with Crippen molar-refractivity contribution in [2.24, 2.45) is 0 Å². The molecule has 2 heterocycles. The number of nitrogens with zero attached hydrogens (tertiary/aromatic N) is 3. The van der Waals surface area contributed by atoms with Crippen LogP contribution in [-0.2, 0) is 6.18 Å². The standard InChI is InChI=1S/C12H14F5N3O/c1-7(2)20-5-9(11(13,14)6-20)21-10-18-3-8(4-19-10)12(15,16)17/h3-4,7,9H,5-6H2,1-2H3. The Bertz CT molecular complexity index is 489. The van der Waals surface area contributed by atoms with Gasteiger partial charge in [-0.2, -0.15) is 13.2 Å². The van der Waals surface area contributed by atoms with Gasteiger partial charge in [0.2, 0.25) is 0 Å². The highest BCUT2D eigenvalue weighted by atomic mass is 19.4. The summed E-state index contributed by atoms with van der Waals surface area (Å²) in [5, 5.41) is 0. The summed E-state index contributed by atoms with van der Waals surface area (Å²) in [5.74, 6) is -3.10. The number of alkyl halides is 5. The monoisotopic (exact) mass is 311 g/mol. The Hall–Kier alpha value is -1.51. The number of rotatable bonds is 3. The maximum atomic E-state index is 13.8. The quantitative estimate of drug-likeness (QED) is 0.804. The molecule has 21 heavy (non-hydrogen) atoms. The van der Waals surface area contributed by atoms with Gasteiger partial charge in [0.25, 0.3) is 5.92 Å². The molecule has 9 heteroatoms. The molecule has 0 N–H and O–H groups in total. The number of hydrogen-bond donors (Lipinski definition) is 0. The van der Waals surface area contributed by atoms with Gasteiger partial charge in [0.05, 0.1) is 12.1 Å². The molecule has 0 amide bonds. The number of likely N-dealkylation sites (tertiary alicyclic amines) is 1. The first-order valence-corrected chi connectivity index (χ1v) is 6.27. The third-order valence-electron chi connectivity index (χ3n) is 3.22. The van der Waals surface area contributed by atoms with Crippen LogP contribution in [0.25, 0.3) is 0 Å². The van der Waals surface area contributed by atoms with Crippen molar-refractivity contribution in [3.8, 4) is 6.01 Å². The zero-order chi connectivity index (χ0) is 15.8. The average Bonchev–Trinajstić information content (AvgIpc) is 2.65. The van der Waals surface area contributed by atoms with Gasteiger partial charge in [-0.05, 0) is 13.8 Å². The van der Waals surface area contributed by atoms with Crippen molar-refractivity contribution in [1.29, 1.82) is 0 Å². The van der Waals surface area contributed by atoms with E-state index >= 15 is 0 Å². The van der Waals surface area contributed by atoms with E-state index in [0.29, 0.717) is 12.4 Å². The Kier molecular flexibility index (Phi) is 4.05. The molecule has 1 aliphatic heterocycles. The van der Waals surface area contributed by atoms with E-state index in [0.717, 1.165) is 0 Å². The van der Waals surface area contributed by atoms with Crippen molar-refractivity contribution in [2.75, 3.05) is 13.1 Å². The highest BCUT2D eigenvalue weighted by Crippen LogP contribution is 2.32. The Balaban J connectivity index is 2.08. The van der Waals surface area contributed by atoms with Gasteiger partial charge in [0, 0.05) is 25.0 Å². The van der Waals surface area contributed by atoms with Crippen LogP contribution in [0.3, 0.4) is 0 Å². The second-order valence-corrected chi connectivity index (χ2v) is 5.14. The van der Waals surface area contributed by atoms with Gasteiger partial charge in [-0.1, -0.05) is 0 Å². The van der Waals surface area contributed by atoms with E-state index in [1.54, 1.807) is 13.8 Å². The molecule has 1 unspecified atom stereocenters. The second kappa shape index (κ2) is 5.36. The Labute approximate surface area is 117 Å². The molecule has 0 saturated carbocycles. The summed E-state index contributed by atoms with van der Waals surface area (Å²) in [7, 11) is 0. The topological polar surface area (TPSA) is 38.2 Å². The van der Waals surface area contributed by atoms with E-state index in [2.05, 4.69) is 9.97 Å². The van der Waals surface area contributed by atoms with Gasteiger partial charge < -0.3 is 4.74 Å². The Morgan fingerprint density at radius 3 is 2.29 bits per heavy atom. The number of aromatic nitrogens is 2. The molecule has 1 fully saturated rings. The van der Waals surface area contributed by atoms with E-state index in [4.69, 9.17) is 4.74 Å². The fourth-order valence-corrected chi connectivity index (χ4v) is 1.95. The zero-order valence-electron chi connectivity index (χ0n) is 11.4. The summed E-state index contributed by atoms with van der Waals surface area (Å²) in [6, 6.07) is -0.573. The summed E-state index contributed by atoms with van der Waals surface area (Å²) >= 11 is 0. The highest BCUT2D eigenvalue weighted by Gasteiger charge is 2.50. The smallest absolute Gasteiger partial charge is 0.419 e. The van der Waals surface area contributed by atoms with E-state index in [1.165, 1.54) is 4.90 Å². The minimum absolute atomic E-state index is 0.0327. The minimum Gasteiger partial charge on any atom is -0.452 e. The van der Waals surface area contributed by atoms with Gasteiger partial charge in [-0.3, -0.25) is 4.90 Å². The van der Waals surface area contributed by atoms with Crippen LogP contribution >= 0.6 is 0 Å². The lowest BCUT2D eigenvalue weighted by molar-refractivity contribution is -0.138. The van der Waals surface area contributed by atoms with E-state index in [9.17, 15) is 22.0 Å². The molecule has 0 aromatic carbocycles. The summed E-state index contributed by atoms with van der Waals surface area (Å²) in [6.07, 6.45) is -5.04. The molecular formula is C12H14F5N3O. The van der Waals surface area contributed by atoms with Crippen LogP contribution in [-0.4, -0.2) is 46.0 Å². The molecule has 0 bridgehead atoms. The van der Waals surface area contributed by atoms with Crippen LogP contribution in [0.4, 0.5) is 22.0 Å². The molecular weight excluding hydrogens is 297 g/mol. The maximum absolute atomic E-state index is 13.8. The van der Waals surface area contributed by atoms with Crippen molar-refractivity contribution in [3.63, 3.8) is 0 Å². The average molecular weight is 311 g/mol.